The maximum Gasteiger partial charge on any atom is 0.317 e. The van der Waals surface area contributed by atoms with Crippen molar-refractivity contribution in [3.8, 4) is 11.5 Å². The monoisotopic (exact) mass is 340 g/mol. The second-order valence-corrected chi connectivity index (χ2v) is 7.29. The second kappa shape index (κ2) is 6.86. The molecule has 0 spiro atoms. The Labute approximate surface area is 147 Å². The van der Waals surface area contributed by atoms with E-state index in [1.54, 1.807) is 0 Å². The van der Waals surface area contributed by atoms with Crippen LogP contribution in [0.2, 0.25) is 0 Å². The number of carbonyl (C=O) groups excluding carboxylic acids is 1. The molecule has 1 heterocycles. The SMILES string of the molecule is C[C@@H](NC(=O)N(CC1CC1)CC1CC1)c1noc(-c2ccccc2)n1. The molecule has 0 radical (unpaired) electrons. The topological polar surface area (TPSA) is 71.3 Å². The van der Waals surface area contributed by atoms with Crippen LogP contribution in [0.5, 0.6) is 0 Å². The Bertz CT molecular complexity index is 708. The molecule has 25 heavy (non-hydrogen) atoms. The van der Waals surface area contributed by atoms with E-state index in [1.807, 2.05) is 42.2 Å². The number of aromatic nitrogens is 2. The number of nitrogens with one attached hydrogen (secondary N) is 1. The third kappa shape index (κ3) is 4.18. The van der Waals surface area contributed by atoms with Gasteiger partial charge in [-0.3, -0.25) is 0 Å². The Hall–Kier alpha value is -2.37. The maximum atomic E-state index is 12.7. The van der Waals surface area contributed by atoms with Crippen LogP contribution in [0.4, 0.5) is 4.79 Å². The Kier molecular flexibility index (Phi) is 4.42. The highest BCUT2D eigenvalue weighted by Crippen LogP contribution is 2.33. The summed E-state index contributed by atoms with van der Waals surface area (Å²) >= 11 is 0. The summed E-state index contributed by atoms with van der Waals surface area (Å²) in [4.78, 5) is 19.1. The maximum absolute atomic E-state index is 12.7. The Morgan fingerprint density at radius 2 is 1.84 bits per heavy atom. The Morgan fingerprint density at radius 1 is 1.20 bits per heavy atom. The van der Waals surface area contributed by atoms with Crippen molar-refractivity contribution < 1.29 is 9.32 Å². The molecule has 0 aliphatic heterocycles. The Morgan fingerprint density at radius 3 is 2.44 bits per heavy atom. The summed E-state index contributed by atoms with van der Waals surface area (Å²) in [6.07, 6.45) is 4.98. The summed E-state index contributed by atoms with van der Waals surface area (Å²) < 4.78 is 5.34. The standard InChI is InChI=1S/C19H24N4O2/c1-13(17-21-18(25-22-17)16-5-3-2-4-6-16)20-19(24)23(11-14-7-8-14)12-15-9-10-15/h2-6,13-15H,7-12H2,1H3,(H,20,24)/t13-/m1/s1. The molecule has 6 nitrogen and oxygen atoms in total. The summed E-state index contributed by atoms with van der Waals surface area (Å²) in [5, 5.41) is 7.06. The zero-order valence-corrected chi connectivity index (χ0v) is 14.5. The van der Waals surface area contributed by atoms with Gasteiger partial charge in [-0.1, -0.05) is 23.4 Å². The molecular formula is C19H24N4O2. The first kappa shape index (κ1) is 16.1. The summed E-state index contributed by atoms with van der Waals surface area (Å²) in [6, 6.07) is 9.35. The molecule has 2 aromatic rings. The summed E-state index contributed by atoms with van der Waals surface area (Å²) in [6.45, 7) is 3.64. The first-order chi connectivity index (χ1) is 12.2. The molecule has 2 saturated carbocycles. The molecule has 4 rings (SSSR count). The number of nitrogens with zero attached hydrogens (tertiary/aromatic N) is 3. The van der Waals surface area contributed by atoms with Gasteiger partial charge in [0.2, 0.25) is 0 Å². The lowest BCUT2D eigenvalue weighted by Crippen LogP contribution is -2.43. The second-order valence-electron chi connectivity index (χ2n) is 7.29. The fourth-order valence-electron chi connectivity index (χ4n) is 2.91. The van der Waals surface area contributed by atoms with Crippen molar-refractivity contribution in [3.63, 3.8) is 0 Å². The van der Waals surface area contributed by atoms with Crippen molar-refractivity contribution in [1.29, 1.82) is 0 Å². The lowest BCUT2D eigenvalue weighted by atomic mass is 10.2. The average Bonchev–Trinajstić information content (AvgIpc) is 3.55. The molecule has 0 saturated heterocycles. The van der Waals surface area contributed by atoms with Crippen LogP contribution in [-0.4, -0.2) is 34.2 Å². The third-order valence-electron chi connectivity index (χ3n) is 4.83. The van der Waals surface area contributed by atoms with Crippen molar-refractivity contribution >= 4 is 6.03 Å². The van der Waals surface area contributed by atoms with Crippen molar-refractivity contribution in [3.05, 3.63) is 36.2 Å². The van der Waals surface area contributed by atoms with E-state index in [-0.39, 0.29) is 12.1 Å². The molecule has 1 aromatic heterocycles. The van der Waals surface area contributed by atoms with Crippen LogP contribution in [0.15, 0.2) is 34.9 Å². The predicted molar refractivity (Wildman–Crippen MR) is 93.7 cm³/mol. The van der Waals surface area contributed by atoms with E-state index in [2.05, 4.69) is 15.5 Å². The summed E-state index contributed by atoms with van der Waals surface area (Å²) in [5.41, 5.74) is 0.879. The zero-order valence-electron chi connectivity index (χ0n) is 14.5. The van der Waals surface area contributed by atoms with Crippen molar-refractivity contribution in [1.82, 2.24) is 20.4 Å². The van der Waals surface area contributed by atoms with Crippen LogP contribution in [0.25, 0.3) is 11.5 Å². The van der Waals surface area contributed by atoms with E-state index in [9.17, 15) is 4.79 Å². The first-order valence-corrected chi connectivity index (χ1v) is 9.13. The summed E-state index contributed by atoms with van der Waals surface area (Å²) in [7, 11) is 0. The van der Waals surface area contributed by atoms with Crippen LogP contribution in [-0.2, 0) is 0 Å². The molecule has 1 N–H and O–H groups in total. The van der Waals surface area contributed by atoms with Gasteiger partial charge in [-0.25, -0.2) is 4.79 Å². The number of urea groups is 1. The first-order valence-electron chi connectivity index (χ1n) is 9.13. The minimum atomic E-state index is -0.283. The van der Waals surface area contributed by atoms with Crippen LogP contribution in [0.1, 0.15) is 44.5 Å². The number of hydrogen-bond acceptors (Lipinski definition) is 4. The van der Waals surface area contributed by atoms with E-state index in [4.69, 9.17) is 4.52 Å². The molecule has 132 valence electrons. The van der Waals surface area contributed by atoms with E-state index in [0.717, 1.165) is 18.7 Å². The van der Waals surface area contributed by atoms with Gasteiger partial charge in [-0.2, -0.15) is 4.98 Å². The van der Waals surface area contributed by atoms with Crippen molar-refractivity contribution in [2.45, 2.75) is 38.6 Å². The fraction of sp³-hybridized carbons (Fsp3) is 0.526. The van der Waals surface area contributed by atoms with Gasteiger partial charge in [0, 0.05) is 18.7 Å². The van der Waals surface area contributed by atoms with Crippen LogP contribution < -0.4 is 5.32 Å². The molecule has 1 atom stereocenters. The molecular weight excluding hydrogens is 316 g/mol. The van der Waals surface area contributed by atoms with Crippen molar-refractivity contribution in [2.75, 3.05) is 13.1 Å². The van der Waals surface area contributed by atoms with E-state index in [0.29, 0.717) is 23.6 Å². The van der Waals surface area contributed by atoms with Gasteiger partial charge in [-0.15, -0.1) is 0 Å². The Balaban J connectivity index is 1.39. The highest BCUT2D eigenvalue weighted by molar-refractivity contribution is 5.74. The highest BCUT2D eigenvalue weighted by Gasteiger charge is 2.32. The van der Waals surface area contributed by atoms with Gasteiger partial charge >= 0.3 is 6.03 Å². The van der Waals surface area contributed by atoms with Gasteiger partial charge in [0.15, 0.2) is 5.82 Å². The number of amides is 2. The van der Waals surface area contributed by atoms with Crippen LogP contribution in [0, 0.1) is 11.8 Å². The average molecular weight is 340 g/mol. The molecule has 2 aliphatic carbocycles. The third-order valence-corrected chi connectivity index (χ3v) is 4.83. The van der Waals surface area contributed by atoms with Gasteiger partial charge in [0.1, 0.15) is 0 Å². The number of rotatable bonds is 7. The molecule has 2 amide bonds. The quantitative estimate of drug-likeness (QED) is 0.835. The van der Waals surface area contributed by atoms with Gasteiger partial charge in [0.05, 0.1) is 6.04 Å². The molecule has 1 aromatic carbocycles. The van der Waals surface area contributed by atoms with E-state index < -0.39 is 0 Å². The largest absolute Gasteiger partial charge is 0.334 e. The lowest BCUT2D eigenvalue weighted by molar-refractivity contribution is 0.188. The lowest BCUT2D eigenvalue weighted by Gasteiger charge is -2.24. The summed E-state index contributed by atoms with van der Waals surface area (Å²) in [5.74, 6) is 2.36. The minimum Gasteiger partial charge on any atom is -0.334 e. The van der Waals surface area contributed by atoms with E-state index in [1.165, 1.54) is 25.7 Å². The zero-order chi connectivity index (χ0) is 17.2. The predicted octanol–water partition coefficient (Wildman–Crippen LogP) is 3.63. The van der Waals surface area contributed by atoms with Gasteiger partial charge < -0.3 is 14.7 Å². The van der Waals surface area contributed by atoms with Crippen molar-refractivity contribution in [2.24, 2.45) is 11.8 Å². The van der Waals surface area contributed by atoms with Crippen LogP contribution in [0.3, 0.4) is 0 Å². The molecule has 0 bridgehead atoms. The number of carbonyl (C=O) groups is 1. The molecule has 2 fully saturated rings. The van der Waals surface area contributed by atoms with Gasteiger partial charge in [-0.05, 0) is 56.6 Å². The van der Waals surface area contributed by atoms with Gasteiger partial charge in [0.25, 0.3) is 5.89 Å². The number of hydrogen-bond donors (Lipinski definition) is 1. The molecule has 0 unspecified atom stereocenters. The highest BCUT2D eigenvalue weighted by atomic mass is 16.5. The molecule has 6 heteroatoms. The number of benzene rings is 1. The normalized spacial score (nSPS) is 18.0. The smallest absolute Gasteiger partial charge is 0.317 e. The van der Waals surface area contributed by atoms with Crippen LogP contribution >= 0.6 is 0 Å². The fourth-order valence-corrected chi connectivity index (χ4v) is 2.91. The molecule has 2 aliphatic rings. The van der Waals surface area contributed by atoms with E-state index >= 15 is 0 Å². The minimum absolute atomic E-state index is 0.0163.